The molecule has 78 valence electrons. The molecule has 1 saturated heterocycles. The topological polar surface area (TPSA) is 72.8 Å². The fourth-order valence-electron chi connectivity index (χ4n) is 2.44. The monoisotopic (exact) mass is 200 g/mol. The van der Waals surface area contributed by atoms with Crippen molar-refractivity contribution in [2.24, 2.45) is 11.8 Å². The van der Waals surface area contributed by atoms with Crippen molar-refractivity contribution >= 4 is 12.4 Å². The molecular formula is C9H12O5. The third-order valence-corrected chi connectivity index (χ3v) is 3.10. The second kappa shape index (κ2) is 3.57. The normalized spacial score (nSPS) is 40.5. The van der Waals surface area contributed by atoms with Crippen LogP contribution in [0, 0.1) is 11.8 Å². The van der Waals surface area contributed by atoms with Gasteiger partial charge >= 0.3 is 5.97 Å². The Labute approximate surface area is 81.0 Å². The third-order valence-electron chi connectivity index (χ3n) is 3.10. The van der Waals surface area contributed by atoms with Crippen LogP contribution < -0.4 is 0 Å². The van der Waals surface area contributed by atoms with Gasteiger partial charge in [0, 0.05) is 24.9 Å². The zero-order valence-electron chi connectivity index (χ0n) is 7.59. The molecule has 1 heterocycles. The molecule has 2 fully saturated rings. The van der Waals surface area contributed by atoms with Crippen LogP contribution in [0.2, 0.25) is 0 Å². The second-order valence-corrected chi connectivity index (χ2v) is 3.75. The Balaban J connectivity index is 2.07. The third kappa shape index (κ3) is 1.37. The molecule has 5 heteroatoms. The van der Waals surface area contributed by atoms with Gasteiger partial charge in [-0.15, -0.1) is 0 Å². The summed E-state index contributed by atoms with van der Waals surface area (Å²) in [6.07, 6.45) is 0.361. The Morgan fingerprint density at radius 2 is 2.43 bits per heavy atom. The summed E-state index contributed by atoms with van der Waals surface area (Å²) in [7, 11) is 0. The quantitative estimate of drug-likeness (QED) is 0.490. The van der Waals surface area contributed by atoms with Gasteiger partial charge in [0.2, 0.25) is 0 Å². The molecule has 1 aliphatic carbocycles. The van der Waals surface area contributed by atoms with E-state index in [1.54, 1.807) is 0 Å². The van der Waals surface area contributed by atoms with Gasteiger partial charge in [-0.1, -0.05) is 0 Å². The summed E-state index contributed by atoms with van der Waals surface area (Å²) in [5, 5.41) is 9.13. The number of carbonyl (C=O) groups is 2. The Morgan fingerprint density at radius 1 is 1.64 bits per heavy atom. The predicted octanol–water partition coefficient (Wildman–Crippen LogP) is -0.528. The predicted molar refractivity (Wildman–Crippen MR) is 44.1 cm³/mol. The van der Waals surface area contributed by atoms with E-state index in [1.807, 2.05) is 0 Å². The van der Waals surface area contributed by atoms with Gasteiger partial charge in [0.15, 0.2) is 0 Å². The SMILES string of the molecule is O=CO[C@@H]1CC2OC(=O)C[C@@H]2[C@H]1CO. The molecule has 1 saturated carbocycles. The van der Waals surface area contributed by atoms with Crippen molar-refractivity contribution in [1.82, 2.24) is 0 Å². The molecule has 5 nitrogen and oxygen atoms in total. The number of ether oxygens (including phenoxy) is 2. The summed E-state index contributed by atoms with van der Waals surface area (Å²) < 4.78 is 9.89. The maximum absolute atomic E-state index is 11.0. The molecule has 1 N–H and O–H groups in total. The van der Waals surface area contributed by atoms with Crippen LogP contribution in [-0.4, -0.2) is 36.4 Å². The van der Waals surface area contributed by atoms with Gasteiger partial charge in [-0.05, 0) is 0 Å². The molecule has 0 aromatic rings. The van der Waals surface area contributed by atoms with Crippen LogP contribution in [0.1, 0.15) is 12.8 Å². The summed E-state index contributed by atoms with van der Waals surface area (Å²) in [5.74, 6) is -0.364. The average molecular weight is 200 g/mol. The lowest BCUT2D eigenvalue weighted by Crippen LogP contribution is -2.25. The smallest absolute Gasteiger partial charge is 0.306 e. The number of carbonyl (C=O) groups excluding carboxylic acids is 2. The Bertz CT molecular complexity index is 252. The second-order valence-electron chi connectivity index (χ2n) is 3.75. The Morgan fingerprint density at radius 3 is 3.07 bits per heavy atom. The van der Waals surface area contributed by atoms with Crippen LogP contribution in [0.25, 0.3) is 0 Å². The maximum atomic E-state index is 11.0. The molecule has 0 bridgehead atoms. The molecule has 0 aromatic heterocycles. The van der Waals surface area contributed by atoms with Gasteiger partial charge in [-0.3, -0.25) is 9.59 Å². The number of esters is 1. The van der Waals surface area contributed by atoms with Crippen LogP contribution in [0.3, 0.4) is 0 Å². The van der Waals surface area contributed by atoms with E-state index in [9.17, 15) is 9.59 Å². The highest BCUT2D eigenvalue weighted by atomic mass is 16.6. The molecule has 4 atom stereocenters. The van der Waals surface area contributed by atoms with Crippen molar-refractivity contribution in [3.63, 3.8) is 0 Å². The number of aliphatic hydroxyl groups is 1. The van der Waals surface area contributed by atoms with Gasteiger partial charge in [-0.2, -0.15) is 0 Å². The first-order valence-electron chi connectivity index (χ1n) is 4.65. The van der Waals surface area contributed by atoms with E-state index >= 15 is 0 Å². The van der Waals surface area contributed by atoms with E-state index in [-0.39, 0.29) is 36.6 Å². The highest BCUT2D eigenvalue weighted by molar-refractivity contribution is 5.72. The van der Waals surface area contributed by atoms with Gasteiger partial charge in [0.05, 0.1) is 6.42 Å². The molecule has 0 spiro atoms. The Kier molecular flexibility index (Phi) is 2.41. The van der Waals surface area contributed by atoms with Crippen LogP contribution in [-0.2, 0) is 19.1 Å². The maximum Gasteiger partial charge on any atom is 0.306 e. The first-order chi connectivity index (χ1) is 6.76. The molecule has 2 aliphatic rings. The summed E-state index contributed by atoms with van der Waals surface area (Å²) in [5.41, 5.74) is 0. The van der Waals surface area contributed by atoms with Crippen molar-refractivity contribution in [1.29, 1.82) is 0 Å². The van der Waals surface area contributed by atoms with Crippen LogP contribution >= 0.6 is 0 Å². The van der Waals surface area contributed by atoms with Crippen molar-refractivity contribution < 1.29 is 24.2 Å². The number of aliphatic hydroxyl groups excluding tert-OH is 1. The van der Waals surface area contributed by atoms with Gasteiger partial charge in [0.1, 0.15) is 12.2 Å². The molecule has 14 heavy (non-hydrogen) atoms. The van der Waals surface area contributed by atoms with Crippen LogP contribution in [0.15, 0.2) is 0 Å². The summed E-state index contributed by atoms with van der Waals surface area (Å²) >= 11 is 0. The molecule has 2 rings (SSSR count). The molecule has 1 unspecified atom stereocenters. The van der Waals surface area contributed by atoms with Crippen molar-refractivity contribution in [2.75, 3.05) is 6.61 Å². The molecule has 0 aromatic carbocycles. The molecular weight excluding hydrogens is 188 g/mol. The highest BCUT2D eigenvalue weighted by Gasteiger charge is 2.50. The number of hydrogen-bond donors (Lipinski definition) is 1. The van der Waals surface area contributed by atoms with Crippen molar-refractivity contribution in [3.8, 4) is 0 Å². The minimum Gasteiger partial charge on any atom is -0.464 e. The van der Waals surface area contributed by atoms with Crippen LogP contribution in [0.4, 0.5) is 0 Å². The summed E-state index contributed by atoms with van der Waals surface area (Å²) in [4.78, 5) is 21.2. The first-order valence-corrected chi connectivity index (χ1v) is 4.65. The lowest BCUT2D eigenvalue weighted by Gasteiger charge is -2.18. The lowest BCUT2D eigenvalue weighted by molar-refractivity contribution is -0.143. The highest BCUT2D eigenvalue weighted by Crippen LogP contribution is 2.42. The Hall–Kier alpha value is -1.10. The minimum absolute atomic E-state index is 0.0115. The standard InChI is InChI=1S/C9H12O5/c10-3-6-5-1-9(12)14-8(5)2-7(6)13-4-11/h4-8,10H,1-3H2/t5-,6-,7-,8?/m1/s1. The average Bonchev–Trinajstić information content (AvgIpc) is 2.61. The zero-order valence-corrected chi connectivity index (χ0v) is 7.59. The largest absolute Gasteiger partial charge is 0.464 e. The van der Waals surface area contributed by atoms with E-state index in [2.05, 4.69) is 0 Å². The van der Waals surface area contributed by atoms with Crippen LogP contribution in [0.5, 0.6) is 0 Å². The lowest BCUT2D eigenvalue weighted by atomic mass is 9.93. The molecule has 0 radical (unpaired) electrons. The fourth-order valence-corrected chi connectivity index (χ4v) is 2.44. The summed E-state index contributed by atoms with van der Waals surface area (Å²) in [6.45, 7) is 0.312. The fraction of sp³-hybridized carbons (Fsp3) is 0.778. The van der Waals surface area contributed by atoms with E-state index in [0.717, 1.165) is 0 Å². The van der Waals surface area contributed by atoms with Crippen molar-refractivity contribution in [2.45, 2.75) is 25.0 Å². The molecule has 0 amide bonds. The molecule has 1 aliphatic heterocycles. The number of rotatable bonds is 3. The van der Waals surface area contributed by atoms with E-state index in [1.165, 1.54) is 0 Å². The van der Waals surface area contributed by atoms with Gasteiger partial charge in [0.25, 0.3) is 6.47 Å². The minimum atomic E-state index is -0.305. The zero-order chi connectivity index (χ0) is 10.1. The van der Waals surface area contributed by atoms with Gasteiger partial charge in [-0.25, -0.2) is 0 Å². The van der Waals surface area contributed by atoms with E-state index in [4.69, 9.17) is 14.6 Å². The first kappa shape index (κ1) is 9.45. The summed E-state index contributed by atoms with van der Waals surface area (Å²) in [6, 6.07) is 0. The van der Waals surface area contributed by atoms with E-state index < -0.39 is 0 Å². The van der Waals surface area contributed by atoms with Crippen molar-refractivity contribution in [3.05, 3.63) is 0 Å². The number of hydrogen-bond acceptors (Lipinski definition) is 5. The number of fused-ring (bicyclic) bond motifs is 1. The van der Waals surface area contributed by atoms with Gasteiger partial charge < -0.3 is 14.6 Å². The van der Waals surface area contributed by atoms with E-state index in [0.29, 0.717) is 19.3 Å².